The van der Waals surface area contributed by atoms with Crippen LogP contribution in [0.3, 0.4) is 0 Å². The molecule has 0 bridgehead atoms. The van der Waals surface area contributed by atoms with Gasteiger partial charge in [0.1, 0.15) is 0 Å². The molecule has 0 radical (unpaired) electrons. The third-order valence-corrected chi connectivity index (χ3v) is 4.29. The van der Waals surface area contributed by atoms with Gasteiger partial charge in [0.2, 0.25) is 0 Å². The first-order valence-corrected chi connectivity index (χ1v) is 9.19. The number of esters is 1. The van der Waals surface area contributed by atoms with E-state index in [0.29, 0.717) is 29.5 Å². The lowest BCUT2D eigenvalue weighted by Crippen LogP contribution is -2.21. The second-order valence-electron chi connectivity index (χ2n) is 6.67. The number of hydrogen-bond acceptors (Lipinski definition) is 5. The molecule has 0 aliphatic rings. The highest BCUT2D eigenvalue weighted by molar-refractivity contribution is 5.92. The average molecular weight is 385 g/mol. The quantitative estimate of drug-likeness (QED) is 0.662. The van der Waals surface area contributed by atoms with Gasteiger partial charge in [0, 0.05) is 12.1 Å². The van der Waals surface area contributed by atoms with E-state index in [1.165, 1.54) is 5.56 Å². The predicted octanol–water partition coefficient (Wildman–Crippen LogP) is 3.94. The van der Waals surface area contributed by atoms with Crippen molar-refractivity contribution < 1.29 is 23.8 Å². The zero-order valence-corrected chi connectivity index (χ0v) is 16.8. The number of nitrogens with one attached hydrogen (secondary N) is 1. The minimum atomic E-state index is -0.430. The molecule has 0 saturated carbocycles. The van der Waals surface area contributed by atoms with Crippen molar-refractivity contribution in [3.05, 3.63) is 53.6 Å². The molecule has 0 aromatic heterocycles. The predicted molar refractivity (Wildman–Crippen MR) is 108 cm³/mol. The summed E-state index contributed by atoms with van der Waals surface area (Å²) in [6, 6.07) is 13.1. The van der Waals surface area contributed by atoms with Crippen molar-refractivity contribution >= 4 is 17.6 Å². The van der Waals surface area contributed by atoms with E-state index in [1.54, 1.807) is 20.3 Å². The van der Waals surface area contributed by atoms with E-state index in [4.69, 9.17) is 14.2 Å². The van der Waals surface area contributed by atoms with Crippen LogP contribution in [0.5, 0.6) is 11.5 Å². The maximum Gasteiger partial charge on any atom is 0.306 e. The molecule has 2 rings (SSSR count). The molecule has 0 atom stereocenters. The fourth-order valence-corrected chi connectivity index (χ4v) is 2.65. The smallest absolute Gasteiger partial charge is 0.306 e. The number of methoxy groups -OCH3 is 2. The number of amides is 1. The molecule has 2 aromatic rings. The second kappa shape index (κ2) is 10.3. The van der Waals surface area contributed by atoms with Crippen LogP contribution >= 0.6 is 0 Å². The number of anilines is 1. The van der Waals surface area contributed by atoms with Crippen LogP contribution in [0.25, 0.3) is 0 Å². The Hall–Kier alpha value is -3.02. The Morgan fingerprint density at radius 2 is 1.64 bits per heavy atom. The van der Waals surface area contributed by atoms with Crippen molar-refractivity contribution in [3.63, 3.8) is 0 Å². The Kier molecular flexibility index (Phi) is 7.87. The molecule has 28 heavy (non-hydrogen) atoms. The van der Waals surface area contributed by atoms with E-state index in [9.17, 15) is 9.59 Å². The van der Waals surface area contributed by atoms with Crippen LogP contribution in [0.1, 0.15) is 37.3 Å². The Labute approximate surface area is 165 Å². The monoisotopic (exact) mass is 385 g/mol. The summed E-state index contributed by atoms with van der Waals surface area (Å²) in [4.78, 5) is 23.9. The molecule has 1 amide bonds. The third kappa shape index (κ3) is 6.30. The van der Waals surface area contributed by atoms with Gasteiger partial charge in [0.25, 0.3) is 5.91 Å². The highest BCUT2D eigenvalue weighted by Crippen LogP contribution is 2.28. The van der Waals surface area contributed by atoms with Crippen molar-refractivity contribution in [1.29, 1.82) is 0 Å². The molecular weight excluding hydrogens is 358 g/mol. The van der Waals surface area contributed by atoms with Crippen LogP contribution in [0, 0.1) is 0 Å². The normalized spacial score (nSPS) is 10.5. The van der Waals surface area contributed by atoms with Crippen LogP contribution in [-0.2, 0) is 20.7 Å². The molecule has 1 N–H and O–H groups in total. The summed E-state index contributed by atoms with van der Waals surface area (Å²) in [5, 5.41) is 2.72. The minimum absolute atomic E-state index is 0.172. The molecule has 0 aliphatic heterocycles. The molecule has 0 fully saturated rings. The lowest BCUT2D eigenvalue weighted by atomic mass is 10.0. The Bertz CT molecular complexity index is 799. The minimum Gasteiger partial charge on any atom is -0.493 e. The maximum atomic E-state index is 11.9. The van der Waals surface area contributed by atoms with E-state index >= 15 is 0 Å². The van der Waals surface area contributed by atoms with Gasteiger partial charge in [-0.15, -0.1) is 0 Å². The van der Waals surface area contributed by atoms with E-state index in [-0.39, 0.29) is 18.9 Å². The SMILES string of the molecule is COc1ccc(CCC(=O)OCC(=O)Nc2ccc(C(C)C)cc2)cc1OC. The van der Waals surface area contributed by atoms with E-state index in [0.717, 1.165) is 5.56 Å². The zero-order valence-electron chi connectivity index (χ0n) is 16.8. The molecule has 0 aliphatic carbocycles. The molecule has 0 saturated heterocycles. The van der Waals surface area contributed by atoms with Crippen LogP contribution in [0.15, 0.2) is 42.5 Å². The molecule has 6 heteroatoms. The van der Waals surface area contributed by atoms with Crippen LogP contribution in [0.4, 0.5) is 5.69 Å². The molecule has 0 unspecified atom stereocenters. The van der Waals surface area contributed by atoms with Gasteiger partial charge in [-0.3, -0.25) is 9.59 Å². The largest absolute Gasteiger partial charge is 0.493 e. The summed E-state index contributed by atoms with van der Waals surface area (Å²) in [6.07, 6.45) is 0.656. The highest BCUT2D eigenvalue weighted by Gasteiger charge is 2.10. The fourth-order valence-electron chi connectivity index (χ4n) is 2.65. The van der Waals surface area contributed by atoms with E-state index in [1.807, 2.05) is 36.4 Å². The zero-order chi connectivity index (χ0) is 20.5. The van der Waals surface area contributed by atoms with Crippen molar-refractivity contribution in [1.82, 2.24) is 0 Å². The molecule has 6 nitrogen and oxygen atoms in total. The second-order valence-corrected chi connectivity index (χ2v) is 6.67. The van der Waals surface area contributed by atoms with Crippen molar-refractivity contribution in [3.8, 4) is 11.5 Å². The number of aryl methyl sites for hydroxylation is 1. The van der Waals surface area contributed by atoms with Gasteiger partial charge < -0.3 is 19.5 Å². The summed E-state index contributed by atoms with van der Waals surface area (Å²) >= 11 is 0. The number of carbonyl (C=O) groups excluding carboxylic acids is 2. The van der Waals surface area contributed by atoms with Crippen molar-refractivity contribution in [2.45, 2.75) is 32.6 Å². The molecule has 150 valence electrons. The third-order valence-electron chi connectivity index (χ3n) is 4.29. The van der Waals surface area contributed by atoms with Gasteiger partial charge >= 0.3 is 5.97 Å². The van der Waals surface area contributed by atoms with Gasteiger partial charge in [-0.2, -0.15) is 0 Å². The molecule has 0 spiro atoms. The number of hydrogen-bond donors (Lipinski definition) is 1. The van der Waals surface area contributed by atoms with Gasteiger partial charge in [-0.05, 0) is 47.7 Å². The van der Waals surface area contributed by atoms with Crippen LogP contribution in [-0.4, -0.2) is 32.7 Å². The summed E-state index contributed by atoms with van der Waals surface area (Å²) in [7, 11) is 3.13. The van der Waals surface area contributed by atoms with Gasteiger partial charge in [0.15, 0.2) is 18.1 Å². The Morgan fingerprint density at radius 1 is 0.964 bits per heavy atom. The molecule has 2 aromatic carbocycles. The number of benzene rings is 2. The highest BCUT2D eigenvalue weighted by atomic mass is 16.5. The first kappa shape index (κ1) is 21.3. The number of rotatable bonds is 9. The fraction of sp³-hybridized carbons (Fsp3) is 0.364. The van der Waals surface area contributed by atoms with Crippen LogP contribution < -0.4 is 14.8 Å². The Balaban J connectivity index is 1.76. The lowest BCUT2D eigenvalue weighted by Gasteiger charge is -2.10. The first-order valence-electron chi connectivity index (χ1n) is 9.19. The first-order chi connectivity index (χ1) is 13.4. The summed E-state index contributed by atoms with van der Waals surface area (Å²) in [6.45, 7) is 3.90. The Morgan fingerprint density at radius 3 is 2.25 bits per heavy atom. The summed E-state index contributed by atoms with van der Waals surface area (Å²) in [5.74, 6) is 0.872. The summed E-state index contributed by atoms with van der Waals surface area (Å²) in [5.41, 5.74) is 2.79. The van der Waals surface area contributed by atoms with Gasteiger partial charge in [-0.25, -0.2) is 0 Å². The molecule has 0 heterocycles. The number of carbonyl (C=O) groups is 2. The number of ether oxygens (including phenoxy) is 3. The standard InChI is InChI=1S/C22H27NO5/c1-15(2)17-7-9-18(10-8-17)23-21(24)14-28-22(25)12-6-16-5-11-19(26-3)20(13-16)27-4/h5,7-11,13,15H,6,12,14H2,1-4H3,(H,23,24). The lowest BCUT2D eigenvalue weighted by molar-refractivity contribution is -0.147. The topological polar surface area (TPSA) is 73.9 Å². The van der Waals surface area contributed by atoms with Crippen LogP contribution in [0.2, 0.25) is 0 Å². The van der Waals surface area contributed by atoms with Gasteiger partial charge in [-0.1, -0.05) is 32.0 Å². The van der Waals surface area contributed by atoms with E-state index < -0.39 is 5.97 Å². The average Bonchev–Trinajstić information content (AvgIpc) is 2.70. The summed E-state index contributed by atoms with van der Waals surface area (Å²) < 4.78 is 15.5. The van der Waals surface area contributed by atoms with E-state index in [2.05, 4.69) is 19.2 Å². The maximum absolute atomic E-state index is 11.9. The molecular formula is C22H27NO5. The van der Waals surface area contributed by atoms with Crippen molar-refractivity contribution in [2.24, 2.45) is 0 Å². The van der Waals surface area contributed by atoms with Gasteiger partial charge in [0.05, 0.1) is 14.2 Å². The van der Waals surface area contributed by atoms with Crippen molar-refractivity contribution in [2.75, 3.05) is 26.1 Å².